The number of aromatic amines is 1. The second-order valence-electron chi connectivity index (χ2n) is 4.59. The van der Waals surface area contributed by atoms with Crippen LogP contribution in [0.1, 0.15) is 25.5 Å². The number of allylic oxidation sites excluding steroid dienone is 1. The van der Waals surface area contributed by atoms with Crippen LogP contribution in [0, 0.1) is 0 Å². The van der Waals surface area contributed by atoms with E-state index in [2.05, 4.69) is 15.3 Å². The molecule has 1 heterocycles. The van der Waals surface area contributed by atoms with Crippen molar-refractivity contribution in [1.29, 1.82) is 0 Å². The molecule has 0 bridgehead atoms. The first-order valence-electron chi connectivity index (χ1n) is 7.62. The van der Waals surface area contributed by atoms with Crippen LogP contribution in [-0.2, 0) is 20.7 Å². The van der Waals surface area contributed by atoms with E-state index in [1.165, 1.54) is 0 Å². The topological polar surface area (TPSA) is 142 Å². The van der Waals surface area contributed by atoms with Gasteiger partial charge in [0.15, 0.2) is 0 Å². The number of carbonyl (C=O) groups is 3. The number of amides is 1. The molecule has 0 unspecified atom stereocenters. The predicted octanol–water partition coefficient (Wildman–Crippen LogP) is 1.75. The van der Waals surface area contributed by atoms with Crippen LogP contribution in [0.25, 0.3) is 0 Å². The number of aromatic nitrogens is 2. The van der Waals surface area contributed by atoms with E-state index < -0.39 is 11.9 Å². The molecule has 0 spiro atoms. The van der Waals surface area contributed by atoms with Crippen molar-refractivity contribution < 1.29 is 29.3 Å². The summed E-state index contributed by atoms with van der Waals surface area (Å²) in [5, 5.41) is 18.3. The van der Waals surface area contributed by atoms with Crippen molar-refractivity contribution in [1.82, 2.24) is 15.3 Å². The Labute approximate surface area is 145 Å². The predicted molar refractivity (Wildman–Crippen MR) is 90.1 cm³/mol. The molecule has 0 aromatic carbocycles. The number of nitrogens with one attached hydrogen (secondary N) is 2. The van der Waals surface area contributed by atoms with Gasteiger partial charge in [-0.25, -0.2) is 19.4 Å². The monoisotopic (exact) mass is 353 g/mol. The minimum Gasteiger partial charge on any atom is -0.478 e. The number of carboxylic acids is 2. The Morgan fingerprint density at radius 2 is 1.92 bits per heavy atom. The van der Waals surface area contributed by atoms with Gasteiger partial charge in [-0.2, -0.15) is 0 Å². The molecule has 1 rings (SSSR count). The molecule has 1 amide bonds. The summed E-state index contributed by atoms with van der Waals surface area (Å²) in [6.45, 7) is 2.99. The number of alkyl carbamates (subject to hydrolysis) is 1. The highest BCUT2D eigenvalue weighted by atomic mass is 16.5. The number of nitrogens with zero attached hydrogens (tertiary/aromatic N) is 1. The molecule has 9 heteroatoms. The van der Waals surface area contributed by atoms with Gasteiger partial charge in [-0.1, -0.05) is 19.1 Å². The zero-order valence-electron chi connectivity index (χ0n) is 14.0. The van der Waals surface area contributed by atoms with Gasteiger partial charge in [0, 0.05) is 30.6 Å². The van der Waals surface area contributed by atoms with Crippen molar-refractivity contribution in [2.24, 2.45) is 0 Å². The normalized spacial score (nSPS) is 10.3. The Morgan fingerprint density at radius 1 is 1.24 bits per heavy atom. The fourth-order valence-corrected chi connectivity index (χ4v) is 1.43. The average Bonchev–Trinajstić information content (AvgIpc) is 3.08. The lowest BCUT2D eigenvalue weighted by Gasteiger charge is -2.04. The molecule has 4 N–H and O–H groups in total. The van der Waals surface area contributed by atoms with E-state index in [0.29, 0.717) is 25.3 Å². The molecule has 0 saturated carbocycles. The van der Waals surface area contributed by atoms with Gasteiger partial charge in [-0.15, -0.1) is 0 Å². The quantitative estimate of drug-likeness (QED) is 0.301. The molecule has 0 aliphatic heterocycles. The van der Waals surface area contributed by atoms with E-state index in [9.17, 15) is 14.4 Å². The molecule has 138 valence electrons. The summed E-state index contributed by atoms with van der Waals surface area (Å²) in [7, 11) is 0. The molecule has 1 aromatic rings. The number of ether oxygens (including phenoxy) is 1. The lowest BCUT2D eigenvalue weighted by molar-refractivity contribution is -0.134. The summed E-state index contributed by atoms with van der Waals surface area (Å²) in [5.41, 5.74) is 1.06. The van der Waals surface area contributed by atoms with E-state index in [1.54, 1.807) is 12.5 Å². The number of carboxylic acid groups (broad SMARTS) is 2. The van der Waals surface area contributed by atoms with Crippen molar-refractivity contribution in [2.75, 3.05) is 13.2 Å². The molecule has 0 fully saturated rings. The molecule has 25 heavy (non-hydrogen) atoms. The lowest BCUT2D eigenvalue weighted by atomic mass is 10.3. The fraction of sp³-hybridized carbons (Fsp3) is 0.375. The van der Waals surface area contributed by atoms with Crippen molar-refractivity contribution >= 4 is 18.0 Å². The third kappa shape index (κ3) is 15.6. The molecule has 0 atom stereocenters. The van der Waals surface area contributed by atoms with E-state index in [-0.39, 0.29) is 6.09 Å². The third-order valence-electron chi connectivity index (χ3n) is 2.51. The average molecular weight is 353 g/mol. The number of carbonyl (C=O) groups excluding carboxylic acids is 1. The Balaban J connectivity index is 0.000000609. The summed E-state index contributed by atoms with van der Waals surface area (Å²) < 4.78 is 5.00. The summed E-state index contributed by atoms with van der Waals surface area (Å²) in [4.78, 5) is 37.2. The van der Waals surface area contributed by atoms with Gasteiger partial charge in [0.25, 0.3) is 0 Å². The molecular weight excluding hydrogens is 330 g/mol. The maximum atomic E-state index is 11.2. The van der Waals surface area contributed by atoms with Crippen LogP contribution in [0.5, 0.6) is 0 Å². The maximum absolute atomic E-state index is 11.2. The van der Waals surface area contributed by atoms with Gasteiger partial charge in [0.05, 0.1) is 12.9 Å². The molecule has 0 aliphatic carbocycles. The van der Waals surface area contributed by atoms with Gasteiger partial charge >= 0.3 is 18.0 Å². The Hall–Kier alpha value is -3.10. The van der Waals surface area contributed by atoms with Crippen LogP contribution in [-0.4, -0.2) is 51.4 Å². The van der Waals surface area contributed by atoms with Gasteiger partial charge in [0.2, 0.25) is 0 Å². The molecule has 0 radical (unpaired) electrons. The van der Waals surface area contributed by atoms with Crippen LogP contribution in [0.2, 0.25) is 0 Å². The van der Waals surface area contributed by atoms with Crippen molar-refractivity contribution in [3.05, 3.63) is 42.5 Å². The summed E-state index contributed by atoms with van der Waals surface area (Å²) in [5.74, 6) is -2.51. The number of hydrogen-bond donors (Lipinski definition) is 4. The maximum Gasteiger partial charge on any atom is 0.407 e. The molecule has 9 nitrogen and oxygen atoms in total. The number of rotatable bonds is 9. The minimum absolute atomic E-state index is 0.365. The second-order valence-corrected chi connectivity index (χ2v) is 4.59. The lowest BCUT2D eigenvalue weighted by Crippen LogP contribution is -2.24. The third-order valence-corrected chi connectivity index (χ3v) is 2.51. The van der Waals surface area contributed by atoms with Crippen LogP contribution >= 0.6 is 0 Å². The van der Waals surface area contributed by atoms with Gasteiger partial charge in [0.1, 0.15) is 0 Å². The zero-order valence-corrected chi connectivity index (χ0v) is 14.0. The largest absolute Gasteiger partial charge is 0.478 e. The number of hydrogen-bond acceptors (Lipinski definition) is 5. The SMILES string of the molecule is CC/C=C\CNC(=O)OCCCc1cnc[nH]1.O=C(O)/C=C\C(=O)O. The Morgan fingerprint density at radius 3 is 2.44 bits per heavy atom. The fourth-order valence-electron chi connectivity index (χ4n) is 1.43. The highest BCUT2D eigenvalue weighted by Crippen LogP contribution is 1.97. The van der Waals surface area contributed by atoms with Gasteiger partial charge < -0.3 is 25.3 Å². The first-order valence-corrected chi connectivity index (χ1v) is 7.62. The summed E-state index contributed by atoms with van der Waals surface area (Å²) in [6.07, 6.45) is 10.7. The number of H-pyrrole nitrogens is 1. The molecule has 1 aromatic heterocycles. The number of imidazole rings is 1. The van der Waals surface area contributed by atoms with E-state index in [0.717, 1.165) is 25.0 Å². The van der Waals surface area contributed by atoms with Gasteiger partial charge in [-0.05, 0) is 19.3 Å². The first kappa shape index (κ1) is 21.9. The Bertz CT molecular complexity index is 550. The Kier molecular flexibility index (Phi) is 12.7. The number of aryl methyl sites for hydroxylation is 1. The standard InChI is InChI=1S/C12H19N3O2.C4H4O4/c1-2-3-4-7-14-12(16)17-8-5-6-11-9-13-10-15-11;5-3(6)1-2-4(7)8/h3-4,9-10H,2,5-8H2,1H3,(H,13,15)(H,14,16);1-2H,(H,5,6)(H,7,8)/b4-3-;2-1-. The van der Waals surface area contributed by atoms with Crippen molar-refractivity contribution in [3.8, 4) is 0 Å². The van der Waals surface area contributed by atoms with E-state index in [4.69, 9.17) is 14.9 Å². The van der Waals surface area contributed by atoms with Crippen molar-refractivity contribution in [3.63, 3.8) is 0 Å². The van der Waals surface area contributed by atoms with E-state index in [1.807, 2.05) is 19.1 Å². The molecule has 0 aliphatic rings. The second kappa shape index (κ2) is 14.5. The highest BCUT2D eigenvalue weighted by Gasteiger charge is 2.00. The molecule has 0 saturated heterocycles. The zero-order chi connectivity index (χ0) is 18.9. The first-order chi connectivity index (χ1) is 12.0. The van der Waals surface area contributed by atoms with Gasteiger partial charge in [-0.3, -0.25) is 0 Å². The van der Waals surface area contributed by atoms with Crippen LogP contribution in [0.3, 0.4) is 0 Å². The number of aliphatic carboxylic acids is 2. The molecular formula is C16H23N3O6. The minimum atomic E-state index is -1.26. The van der Waals surface area contributed by atoms with Crippen LogP contribution < -0.4 is 5.32 Å². The smallest absolute Gasteiger partial charge is 0.407 e. The van der Waals surface area contributed by atoms with Crippen LogP contribution in [0.4, 0.5) is 4.79 Å². The van der Waals surface area contributed by atoms with Crippen LogP contribution in [0.15, 0.2) is 36.8 Å². The summed E-state index contributed by atoms with van der Waals surface area (Å²) >= 11 is 0. The van der Waals surface area contributed by atoms with E-state index >= 15 is 0 Å². The summed E-state index contributed by atoms with van der Waals surface area (Å²) in [6, 6.07) is 0. The van der Waals surface area contributed by atoms with Crippen molar-refractivity contribution in [2.45, 2.75) is 26.2 Å². The highest BCUT2D eigenvalue weighted by molar-refractivity contribution is 5.89.